The number of nitrogens with two attached hydrogens (primary N) is 1. The molecule has 0 fully saturated rings. The maximum Gasteiger partial charge on any atom is 0.262 e. The Morgan fingerprint density at radius 3 is 2.69 bits per heavy atom. The van der Waals surface area contributed by atoms with Gasteiger partial charge >= 0.3 is 0 Å². The van der Waals surface area contributed by atoms with Gasteiger partial charge < -0.3 is 4.42 Å². The van der Waals surface area contributed by atoms with Crippen LogP contribution in [-0.2, 0) is 0 Å². The van der Waals surface area contributed by atoms with E-state index < -0.39 is 0 Å². The molecule has 0 atom stereocenters. The number of rotatable bonds is 3. The highest BCUT2D eigenvalue weighted by Crippen LogP contribution is 2.26. The van der Waals surface area contributed by atoms with Gasteiger partial charge in [-0.1, -0.05) is 0 Å². The van der Waals surface area contributed by atoms with Crippen molar-refractivity contribution in [2.24, 2.45) is 5.84 Å². The number of nitrogens with zero attached hydrogens (tertiary/aromatic N) is 3. The van der Waals surface area contributed by atoms with Crippen molar-refractivity contribution >= 4 is 17.7 Å². The third-order valence-corrected chi connectivity index (χ3v) is 2.53. The zero-order valence-corrected chi connectivity index (χ0v) is 9.71. The van der Waals surface area contributed by atoms with Crippen LogP contribution in [0.15, 0.2) is 27.0 Å². The second kappa shape index (κ2) is 4.50. The Kier molecular flexibility index (Phi) is 3.07. The number of hydrogen-bond acceptors (Lipinski definition) is 7. The van der Waals surface area contributed by atoms with Crippen molar-refractivity contribution in [3.05, 3.63) is 23.7 Å². The molecule has 0 amide bonds. The second-order valence-corrected chi connectivity index (χ2v) is 4.14. The van der Waals surface area contributed by atoms with Gasteiger partial charge in [0, 0.05) is 5.69 Å². The number of aromatic nitrogens is 3. The summed E-state index contributed by atoms with van der Waals surface area (Å²) < 4.78 is 5.22. The first-order valence-corrected chi connectivity index (χ1v) is 5.41. The quantitative estimate of drug-likeness (QED) is 0.475. The molecular formula is C9H11N5OS. The number of nitrogens with one attached hydrogen (secondary N) is 1. The van der Waals surface area contributed by atoms with Gasteiger partial charge in [0.25, 0.3) is 5.22 Å². The van der Waals surface area contributed by atoms with Crippen LogP contribution in [0.3, 0.4) is 0 Å². The topological polar surface area (TPSA) is 89.9 Å². The zero-order chi connectivity index (χ0) is 11.5. The third kappa shape index (κ3) is 2.50. The van der Waals surface area contributed by atoms with E-state index >= 15 is 0 Å². The zero-order valence-electron chi connectivity index (χ0n) is 8.89. The first-order valence-electron chi connectivity index (χ1n) is 4.59. The van der Waals surface area contributed by atoms with Crippen molar-refractivity contribution in [2.75, 3.05) is 5.43 Å². The summed E-state index contributed by atoms with van der Waals surface area (Å²) in [7, 11) is 0. The van der Waals surface area contributed by atoms with Gasteiger partial charge in [-0.25, -0.2) is 20.8 Å². The molecule has 0 saturated heterocycles. The van der Waals surface area contributed by atoms with E-state index in [0.29, 0.717) is 11.2 Å². The maximum atomic E-state index is 5.26. The highest BCUT2D eigenvalue weighted by molar-refractivity contribution is 7.99. The summed E-state index contributed by atoms with van der Waals surface area (Å²) in [6.07, 6.45) is 1.60. The summed E-state index contributed by atoms with van der Waals surface area (Å²) in [6, 6.07) is 1.84. The smallest absolute Gasteiger partial charge is 0.262 e. The van der Waals surface area contributed by atoms with E-state index in [4.69, 9.17) is 10.3 Å². The molecule has 2 heterocycles. The molecule has 7 heteroatoms. The van der Waals surface area contributed by atoms with Crippen LogP contribution >= 0.6 is 11.8 Å². The highest BCUT2D eigenvalue weighted by atomic mass is 32.2. The van der Waals surface area contributed by atoms with Crippen LogP contribution in [0.2, 0.25) is 0 Å². The number of aryl methyl sites for hydroxylation is 2. The van der Waals surface area contributed by atoms with Gasteiger partial charge in [0.15, 0.2) is 0 Å². The molecule has 0 saturated carbocycles. The molecule has 6 nitrogen and oxygen atoms in total. The summed E-state index contributed by atoms with van der Waals surface area (Å²) >= 11 is 1.33. The predicted octanol–water partition coefficient (Wildman–Crippen LogP) is 1.52. The Labute approximate surface area is 96.7 Å². The number of hydrogen-bond donors (Lipinski definition) is 2. The molecule has 2 aromatic rings. The van der Waals surface area contributed by atoms with Crippen molar-refractivity contribution in [3.8, 4) is 0 Å². The molecule has 0 aliphatic heterocycles. The normalized spacial score (nSPS) is 10.4. The molecular weight excluding hydrogens is 226 g/mol. The minimum atomic E-state index is 0.380. The van der Waals surface area contributed by atoms with E-state index in [1.54, 1.807) is 6.26 Å². The lowest BCUT2D eigenvalue weighted by atomic mass is 10.5. The molecule has 0 bridgehead atoms. The molecule has 0 spiro atoms. The van der Waals surface area contributed by atoms with Crippen LogP contribution in [0.4, 0.5) is 5.95 Å². The van der Waals surface area contributed by atoms with E-state index in [2.05, 4.69) is 20.4 Å². The number of oxazole rings is 1. The van der Waals surface area contributed by atoms with Gasteiger partial charge in [0.05, 0.1) is 5.69 Å². The van der Waals surface area contributed by atoms with Crippen molar-refractivity contribution < 1.29 is 4.42 Å². The number of hydrazine groups is 1. The maximum absolute atomic E-state index is 5.26. The molecule has 3 N–H and O–H groups in total. The van der Waals surface area contributed by atoms with Gasteiger partial charge in [-0.2, -0.15) is 0 Å². The van der Waals surface area contributed by atoms with Crippen LogP contribution in [0.1, 0.15) is 11.4 Å². The third-order valence-electron chi connectivity index (χ3n) is 1.75. The number of nitrogen functional groups attached to an aromatic ring is 1. The molecule has 0 unspecified atom stereocenters. The van der Waals surface area contributed by atoms with Gasteiger partial charge in [0.1, 0.15) is 11.3 Å². The summed E-state index contributed by atoms with van der Waals surface area (Å²) in [5.74, 6) is 5.64. The molecule has 2 rings (SSSR count). The van der Waals surface area contributed by atoms with Crippen LogP contribution < -0.4 is 11.3 Å². The van der Waals surface area contributed by atoms with Gasteiger partial charge in [-0.15, -0.1) is 0 Å². The Hall–Kier alpha value is -1.60. The monoisotopic (exact) mass is 237 g/mol. The van der Waals surface area contributed by atoms with Crippen molar-refractivity contribution in [2.45, 2.75) is 24.1 Å². The van der Waals surface area contributed by atoms with Crippen molar-refractivity contribution in [1.29, 1.82) is 0 Å². The van der Waals surface area contributed by atoms with Crippen molar-refractivity contribution in [3.63, 3.8) is 0 Å². The molecule has 84 valence electrons. The molecule has 0 radical (unpaired) electrons. The van der Waals surface area contributed by atoms with E-state index in [0.717, 1.165) is 16.4 Å². The van der Waals surface area contributed by atoms with Gasteiger partial charge in [-0.3, -0.25) is 5.43 Å². The fraction of sp³-hybridized carbons (Fsp3) is 0.222. The molecule has 0 aliphatic carbocycles. The second-order valence-electron chi connectivity index (χ2n) is 3.17. The molecule has 2 aromatic heterocycles. The van der Waals surface area contributed by atoms with E-state index in [-0.39, 0.29) is 0 Å². The van der Waals surface area contributed by atoms with Crippen LogP contribution in [-0.4, -0.2) is 15.0 Å². The predicted molar refractivity (Wildman–Crippen MR) is 59.9 cm³/mol. The Bertz CT molecular complexity index is 498. The summed E-state index contributed by atoms with van der Waals surface area (Å²) in [5, 5.41) is 1.29. The van der Waals surface area contributed by atoms with Gasteiger partial charge in [-0.05, 0) is 31.7 Å². The van der Waals surface area contributed by atoms with E-state index in [1.807, 2.05) is 19.9 Å². The number of anilines is 1. The lowest BCUT2D eigenvalue weighted by molar-refractivity contribution is 0.454. The summed E-state index contributed by atoms with van der Waals surface area (Å²) in [6.45, 7) is 3.74. The molecule has 16 heavy (non-hydrogen) atoms. The summed E-state index contributed by atoms with van der Waals surface area (Å²) in [5.41, 5.74) is 4.08. The average Bonchev–Trinajstić information content (AvgIpc) is 2.63. The van der Waals surface area contributed by atoms with Crippen LogP contribution in [0, 0.1) is 13.8 Å². The fourth-order valence-electron chi connectivity index (χ4n) is 1.13. The minimum absolute atomic E-state index is 0.380. The summed E-state index contributed by atoms with van der Waals surface area (Å²) in [4.78, 5) is 12.4. The van der Waals surface area contributed by atoms with Gasteiger partial charge in [0.2, 0.25) is 5.95 Å². The molecule has 0 aliphatic rings. The lowest BCUT2D eigenvalue weighted by Gasteiger charge is -2.02. The largest absolute Gasteiger partial charge is 0.439 e. The van der Waals surface area contributed by atoms with Crippen LogP contribution in [0.5, 0.6) is 0 Å². The van der Waals surface area contributed by atoms with Crippen molar-refractivity contribution in [1.82, 2.24) is 15.0 Å². The lowest BCUT2D eigenvalue weighted by Crippen LogP contribution is -2.11. The highest BCUT2D eigenvalue weighted by Gasteiger charge is 2.07. The van der Waals surface area contributed by atoms with E-state index in [9.17, 15) is 0 Å². The SMILES string of the molecule is Cc1cc(Sc2nc(C)co2)nc(NN)n1. The standard InChI is InChI=1S/C9H11N5OS/c1-5-3-7(13-8(11-5)14-10)16-9-12-6(2)4-15-9/h3-4H,10H2,1-2H3,(H,11,13,14). The Balaban J connectivity index is 2.24. The minimum Gasteiger partial charge on any atom is -0.439 e. The Morgan fingerprint density at radius 1 is 1.25 bits per heavy atom. The first-order chi connectivity index (χ1) is 7.67. The average molecular weight is 237 g/mol. The first kappa shape index (κ1) is 10.9. The van der Waals surface area contributed by atoms with Crippen LogP contribution in [0.25, 0.3) is 0 Å². The fourth-order valence-corrected chi connectivity index (χ4v) is 1.95. The molecule has 0 aromatic carbocycles. The van der Waals surface area contributed by atoms with E-state index in [1.165, 1.54) is 11.8 Å². The Morgan fingerprint density at radius 2 is 2.06 bits per heavy atom.